The smallest absolute Gasteiger partial charge is 0.266 e. The van der Waals surface area contributed by atoms with Crippen molar-refractivity contribution in [3.8, 4) is 0 Å². The SMILES string of the molecule is C[C@H](CCC(=O)NCCS(=O)(=O)O)[C@H]1CC[C@H]2[C@H]3[C@H](CC[C@]12C)[C@@]1(C)CC[C@@H](O)CC1CC31NN1. The molecule has 5 N–H and O–H groups in total. The monoisotopic (exact) mass is 511 g/mol. The maximum Gasteiger partial charge on any atom is 0.266 e. The highest BCUT2D eigenvalue weighted by atomic mass is 32.2. The molecule has 0 aromatic carbocycles. The van der Waals surface area contributed by atoms with Crippen LogP contribution in [-0.4, -0.2) is 48.0 Å². The number of hydrogen-bond donors (Lipinski definition) is 5. The lowest BCUT2D eigenvalue weighted by Gasteiger charge is -2.63. The van der Waals surface area contributed by atoms with Crippen molar-refractivity contribution >= 4 is 16.0 Å². The van der Waals surface area contributed by atoms with Gasteiger partial charge in [0.15, 0.2) is 0 Å². The zero-order chi connectivity index (χ0) is 25.2. The standard InChI is InChI=1S/C26H45N3O5S/c1-16(4-7-22(31)27-12-13-35(32,33)34)19-5-6-20-23-21(9-11-25(19,20)3)24(2)10-8-18(30)14-17(24)15-26(23)28-29-26/h16-21,23,28-30H,4-15H2,1-3H3,(H,27,31)(H,32,33,34)/t16-,17?,18-,19-,20+,21+,23+,24+,25-/m1/s1. The van der Waals surface area contributed by atoms with Crippen molar-refractivity contribution in [2.75, 3.05) is 12.3 Å². The van der Waals surface area contributed by atoms with E-state index in [9.17, 15) is 18.3 Å². The highest BCUT2D eigenvalue weighted by molar-refractivity contribution is 7.85. The Morgan fingerprint density at radius 2 is 1.77 bits per heavy atom. The normalized spacial score (nSPS) is 44.7. The number of rotatable bonds is 7. The highest BCUT2D eigenvalue weighted by Gasteiger charge is 2.70. The molecule has 1 unspecified atom stereocenters. The zero-order valence-corrected chi connectivity index (χ0v) is 22.4. The number of hydrogen-bond acceptors (Lipinski definition) is 6. The molecule has 1 spiro atoms. The lowest BCUT2D eigenvalue weighted by atomic mass is 9.42. The van der Waals surface area contributed by atoms with Crippen molar-refractivity contribution in [3.63, 3.8) is 0 Å². The number of fused-ring (bicyclic) bond motifs is 6. The number of aliphatic hydroxyl groups is 1. The van der Waals surface area contributed by atoms with Crippen LogP contribution in [0.4, 0.5) is 0 Å². The second-order valence-electron chi connectivity index (χ2n) is 13.2. The van der Waals surface area contributed by atoms with E-state index in [4.69, 9.17) is 4.55 Å². The summed E-state index contributed by atoms with van der Waals surface area (Å²) in [4.78, 5) is 12.3. The van der Waals surface area contributed by atoms with Crippen LogP contribution in [0.1, 0.15) is 85.0 Å². The first-order valence-corrected chi connectivity index (χ1v) is 15.4. The van der Waals surface area contributed by atoms with Gasteiger partial charge in [-0.3, -0.25) is 9.35 Å². The minimum atomic E-state index is -4.05. The highest BCUT2D eigenvalue weighted by Crippen LogP contribution is 2.70. The van der Waals surface area contributed by atoms with Gasteiger partial charge >= 0.3 is 0 Å². The van der Waals surface area contributed by atoms with E-state index in [1.54, 1.807) is 0 Å². The predicted molar refractivity (Wildman–Crippen MR) is 133 cm³/mol. The van der Waals surface area contributed by atoms with Gasteiger partial charge in [-0.15, -0.1) is 0 Å². The average molecular weight is 512 g/mol. The molecule has 9 atom stereocenters. The molecule has 0 aromatic heterocycles. The molecule has 8 nitrogen and oxygen atoms in total. The zero-order valence-electron chi connectivity index (χ0n) is 21.6. The van der Waals surface area contributed by atoms with Crippen LogP contribution < -0.4 is 16.2 Å². The molecule has 1 saturated heterocycles. The fourth-order valence-electron chi connectivity index (χ4n) is 9.59. The van der Waals surface area contributed by atoms with Gasteiger partial charge < -0.3 is 10.4 Å². The molecule has 5 rings (SSSR count). The minimum absolute atomic E-state index is 0.0444. The Bertz CT molecular complexity index is 939. The summed E-state index contributed by atoms with van der Waals surface area (Å²) in [6.07, 6.45) is 10.2. The maximum atomic E-state index is 12.3. The molecule has 4 saturated carbocycles. The van der Waals surface area contributed by atoms with E-state index in [2.05, 4.69) is 36.9 Å². The summed E-state index contributed by atoms with van der Waals surface area (Å²) in [5, 5.41) is 13.0. The summed E-state index contributed by atoms with van der Waals surface area (Å²) in [6.45, 7) is 7.29. The number of nitrogens with one attached hydrogen (secondary N) is 3. The van der Waals surface area contributed by atoms with E-state index in [1.807, 2.05) is 0 Å². The van der Waals surface area contributed by atoms with Crippen LogP contribution in [0.15, 0.2) is 0 Å². The minimum Gasteiger partial charge on any atom is -0.393 e. The van der Waals surface area contributed by atoms with E-state index < -0.39 is 15.9 Å². The number of hydrazine groups is 1. The third-order valence-corrected chi connectivity index (χ3v) is 12.2. The lowest BCUT2D eigenvalue weighted by Crippen LogP contribution is -2.61. The molecule has 1 heterocycles. The molecule has 1 amide bonds. The van der Waals surface area contributed by atoms with Crippen molar-refractivity contribution in [2.24, 2.45) is 46.3 Å². The van der Waals surface area contributed by atoms with Crippen molar-refractivity contribution in [3.05, 3.63) is 0 Å². The van der Waals surface area contributed by atoms with Crippen LogP contribution in [0, 0.1) is 46.3 Å². The van der Waals surface area contributed by atoms with Gasteiger partial charge in [-0.2, -0.15) is 8.42 Å². The van der Waals surface area contributed by atoms with Gasteiger partial charge in [0.2, 0.25) is 5.91 Å². The summed E-state index contributed by atoms with van der Waals surface area (Å²) < 4.78 is 30.6. The summed E-state index contributed by atoms with van der Waals surface area (Å²) in [5.74, 6) is 3.01. The van der Waals surface area contributed by atoms with Crippen LogP contribution in [0.5, 0.6) is 0 Å². The van der Waals surface area contributed by atoms with Crippen LogP contribution in [0.2, 0.25) is 0 Å². The van der Waals surface area contributed by atoms with E-state index in [1.165, 1.54) is 25.7 Å². The molecular weight excluding hydrogens is 466 g/mol. The van der Waals surface area contributed by atoms with Gasteiger partial charge in [0, 0.05) is 13.0 Å². The first kappa shape index (κ1) is 25.9. The Labute approximate surface area is 210 Å². The Kier molecular flexibility index (Phi) is 6.61. The number of carbonyl (C=O) groups excluding carboxylic acids is 1. The Hall–Kier alpha value is -0.740. The van der Waals surface area contributed by atoms with Crippen LogP contribution >= 0.6 is 0 Å². The second-order valence-corrected chi connectivity index (χ2v) is 14.7. The third-order valence-electron chi connectivity index (χ3n) is 11.5. The van der Waals surface area contributed by atoms with Crippen molar-refractivity contribution in [2.45, 2.75) is 96.7 Å². The predicted octanol–water partition coefficient (Wildman–Crippen LogP) is 2.84. The maximum absolute atomic E-state index is 12.3. The molecular formula is C26H45N3O5S. The molecule has 1 aliphatic heterocycles. The van der Waals surface area contributed by atoms with Crippen molar-refractivity contribution in [1.29, 1.82) is 0 Å². The first-order chi connectivity index (χ1) is 16.4. The Balaban J connectivity index is 1.25. The molecule has 5 aliphatic rings. The largest absolute Gasteiger partial charge is 0.393 e. The first-order valence-electron chi connectivity index (χ1n) is 13.8. The Morgan fingerprint density at radius 3 is 2.46 bits per heavy atom. The van der Waals surface area contributed by atoms with Crippen LogP contribution in [0.25, 0.3) is 0 Å². The molecule has 0 radical (unpaired) electrons. The fraction of sp³-hybridized carbons (Fsp3) is 0.962. The van der Waals surface area contributed by atoms with Gasteiger partial charge in [0.1, 0.15) is 0 Å². The van der Waals surface area contributed by atoms with E-state index in [-0.39, 0.29) is 29.6 Å². The average Bonchev–Trinajstić information content (AvgIpc) is 3.45. The van der Waals surface area contributed by atoms with Gasteiger partial charge in [0.05, 0.1) is 17.5 Å². The van der Waals surface area contributed by atoms with Crippen LogP contribution in [0.3, 0.4) is 0 Å². The molecule has 35 heavy (non-hydrogen) atoms. The Morgan fingerprint density at radius 1 is 1.09 bits per heavy atom. The molecule has 5 fully saturated rings. The van der Waals surface area contributed by atoms with Crippen molar-refractivity contribution < 1.29 is 22.9 Å². The van der Waals surface area contributed by atoms with E-state index >= 15 is 0 Å². The topological polar surface area (TPSA) is 148 Å². The summed E-state index contributed by atoms with van der Waals surface area (Å²) >= 11 is 0. The van der Waals surface area contributed by atoms with Crippen molar-refractivity contribution in [1.82, 2.24) is 16.2 Å². The van der Waals surface area contributed by atoms with E-state index in [0.717, 1.165) is 32.1 Å². The molecule has 200 valence electrons. The molecule has 0 aromatic rings. The second kappa shape index (κ2) is 8.93. The van der Waals surface area contributed by atoms with Gasteiger partial charge in [-0.1, -0.05) is 20.8 Å². The number of amides is 1. The van der Waals surface area contributed by atoms with Gasteiger partial charge in [-0.05, 0) is 104 Å². The summed E-state index contributed by atoms with van der Waals surface area (Å²) in [5.41, 5.74) is 7.87. The molecule has 9 heteroatoms. The third kappa shape index (κ3) is 4.58. The van der Waals surface area contributed by atoms with Crippen LogP contribution in [-0.2, 0) is 14.9 Å². The fourth-order valence-corrected chi connectivity index (χ4v) is 9.95. The lowest BCUT2D eigenvalue weighted by molar-refractivity contribution is -0.146. The summed E-state index contributed by atoms with van der Waals surface area (Å²) in [6, 6.07) is 0. The summed E-state index contributed by atoms with van der Waals surface area (Å²) in [7, 11) is -4.05. The number of carbonyl (C=O) groups is 1. The number of aliphatic hydroxyl groups excluding tert-OH is 1. The molecule has 4 aliphatic carbocycles. The van der Waals surface area contributed by atoms with Gasteiger partial charge in [-0.25, -0.2) is 10.9 Å². The quantitative estimate of drug-likeness (QED) is 0.261. The van der Waals surface area contributed by atoms with E-state index in [0.29, 0.717) is 47.3 Å². The molecule has 0 bridgehead atoms. The van der Waals surface area contributed by atoms with Gasteiger partial charge in [0.25, 0.3) is 10.1 Å².